The van der Waals surface area contributed by atoms with Gasteiger partial charge in [-0.15, -0.1) is 0 Å². The first-order valence-electron chi connectivity index (χ1n) is 8.82. The molecule has 1 saturated carbocycles. The summed E-state index contributed by atoms with van der Waals surface area (Å²) >= 11 is 0. The molecule has 4 nitrogen and oxygen atoms in total. The van der Waals surface area contributed by atoms with Gasteiger partial charge in [0.15, 0.2) is 0 Å². The van der Waals surface area contributed by atoms with E-state index in [1.165, 1.54) is 32.1 Å². The predicted molar refractivity (Wildman–Crippen MR) is 89.2 cm³/mol. The Morgan fingerprint density at radius 2 is 1.90 bits per heavy atom. The van der Waals surface area contributed by atoms with Crippen LogP contribution in [0, 0.1) is 0 Å². The Morgan fingerprint density at radius 1 is 1.24 bits per heavy atom. The average molecular weight is 297 g/mol. The number of nitrogens with two attached hydrogens (primary N) is 1. The van der Waals surface area contributed by atoms with Gasteiger partial charge in [0.05, 0.1) is 5.54 Å². The highest BCUT2D eigenvalue weighted by molar-refractivity contribution is 5.84. The highest BCUT2D eigenvalue weighted by Crippen LogP contribution is 2.23. The van der Waals surface area contributed by atoms with E-state index in [0.717, 1.165) is 44.9 Å². The van der Waals surface area contributed by atoms with Crippen LogP contribution in [0.15, 0.2) is 0 Å². The van der Waals surface area contributed by atoms with Crippen molar-refractivity contribution in [3.05, 3.63) is 0 Å². The third kappa shape index (κ3) is 5.95. The molecule has 0 saturated heterocycles. The minimum atomic E-state index is -0.545. The maximum Gasteiger partial charge on any atom is 0.237 e. The molecule has 1 aliphatic carbocycles. The van der Waals surface area contributed by atoms with Gasteiger partial charge in [0, 0.05) is 6.04 Å². The van der Waals surface area contributed by atoms with Gasteiger partial charge in [0.1, 0.15) is 0 Å². The lowest BCUT2D eigenvalue weighted by atomic mass is 9.92. The van der Waals surface area contributed by atoms with Crippen molar-refractivity contribution in [3.8, 4) is 0 Å². The van der Waals surface area contributed by atoms with E-state index in [1.54, 1.807) is 0 Å². The average Bonchev–Trinajstić information content (AvgIpc) is 2.48. The summed E-state index contributed by atoms with van der Waals surface area (Å²) in [5.41, 5.74) is 4.99. The van der Waals surface area contributed by atoms with E-state index in [9.17, 15) is 4.79 Å². The van der Waals surface area contributed by atoms with Crippen molar-refractivity contribution in [1.82, 2.24) is 10.2 Å². The fraction of sp³-hybridized carbons (Fsp3) is 0.941. The van der Waals surface area contributed by atoms with Gasteiger partial charge < -0.3 is 16.0 Å². The smallest absolute Gasteiger partial charge is 0.237 e. The molecule has 1 fully saturated rings. The van der Waals surface area contributed by atoms with Crippen molar-refractivity contribution in [2.24, 2.45) is 5.73 Å². The quantitative estimate of drug-likeness (QED) is 0.610. The van der Waals surface area contributed by atoms with Crippen LogP contribution < -0.4 is 11.1 Å². The van der Waals surface area contributed by atoms with Crippen molar-refractivity contribution in [1.29, 1.82) is 0 Å². The summed E-state index contributed by atoms with van der Waals surface area (Å²) in [6.45, 7) is 9.29. The fourth-order valence-corrected chi connectivity index (χ4v) is 3.53. The number of amides is 1. The zero-order valence-corrected chi connectivity index (χ0v) is 14.3. The van der Waals surface area contributed by atoms with Gasteiger partial charge in [-0.1, -0.05) is 33.1 Å². The number of likely N-dealkylation sites (N-methyl/N-ethyl adjacent to an activating group) is 1. The monoisotopic (exact) mass is 297 g/mol. The second kappa shape index (κ2) is 9.42. The van der Waals surface area contributed by atoms with Crippen LogP contribution >= 0.6 is 0 Å². The van der Waals surface area contributed by atoms with Gasteiger partial charge in [-0.25, -0.2) is 0 Å². The number of unbranched alkanes of at least 4 members (excludes halogenated alkanes) is 1. The normalized spacial score (nSPS) is 19.6. The minimum Gasteiger partial charge on any atom is -0.368 e. The van der Waals surface area contributed by atoms with E-state index in [2.05, 4.69) is 17.1 Å². The maximum absolute atomic E-state index is 11.6. The Balaban J connectivity index is 2.31. The molecule has 21 heavy (non-hydrogen) atoms. The SMILES string of the molecule is CCNC(C)(CCCCN(CC)C1CCCCC1)C(N)=O. The zero-order chi connectivity index (χ0) is 15.7. The molecule has 0 heterocycles. The zero-order valence-electron chi connectivity index (χ0n) is 14.3. The third-order valence-corrected chi connectivity index (χ3v) is 4.98. The second-order valence-corrected chi connectivity index (χ2v) is 6.60. The Labute approximate surface area is 130 Å². The number of hydrogen-bond acceptors (Lipinski definition) is 3. The van der Waals surface area contributed by atoms with Crippen molar-refractivity contribution < 1.29 is 4.79 Å². The van der Waals surface area contributed by atoms with Crippen molar-refractivity contribution in [2.75, 3.05) is 19.6 Å². The summed E-state index contributed by atoms with van der Waals surface area (Å²) in [7, 11) is 0. The molecule has 1 atom stereocenters. The highest BCUT2D eigenvalue weighted by atomic mass is 16.1. The van der Waals surface area contributed by atoms with Gasteiger partial charge in [-0.05, 0) is 58.7 Å². The van der Waals surface area contributed by atoms with Crippen molar-refractivity contribution in [2.45, 2.75) is 83.7 Å². The van der Waals surface area contributed by atoms with Gasteiger partial charge in [-0.2, -0.15) is 0 Å². The van der Waals surface area contributed by atoms with Gasteiger partial charge in [0.2, 0.25) is 5.91 Å². The second-order valence-electron chi connectivity index (χ2n) is 6.60. The fourth-order valence-electron chi connectivity index (χ4n) is 3.53. The molecular weight excluding hydrogens is 262 g/mol. The molecule has 1 aliphatic rings. The van der Waals surface area contributed by atoms with Crippen LogP contribution in [0.3, 0.4) is 0 Å². The van der Waals surface area contributed by atoms with Crippen LogP contribution in [-0.4, -0.2) is 42.0 Å². The van der Waals surface area contributed by atoms with Crippen LogP contribution in [0.1, 0.15) is 72.1 Å². The number of hydrogen-bond donors (Lipinski definition) is 2. The Hall–Kier alpha value is -0.610. The number of carbonyl (C=O) groups excluding carboxylic acids is 1. The highest BCUT2D eigenvalue weighted by Gasteiger charge is 2.29. The van der Waals surface area contributed by atoms with E-state index in [0.29, 0.717) is 0 Å². The molecule has 0 radical (unpaired) electrons. The molecule has 0 aromatic rings. The van der Waals surface area contributed by atoms with Crippen LogP contribution in [0.5, 0.6) is 0 Å². The summed E-state index contributed by atoms with van der Waals surface area (Å²) in [5, 5.41) is 3.24. The lowest BCUT2D eigenvalue weighted by Gasteiger charge is -2.34. The molecule has 3 N–H and O–H groups in total. The molecule has 1 amide bonds. The van der Waals surface area contributed by atoms with E-state index < -0.39 is 5.54 Å². The molecule has 124 valence electrons. The molecule has 0 spiro atoms. The summed E-state index contributed by atoms with van der Waals surface area (Å²) in [5.74, 6) is -0.232. The molecule has 4 heteroatoms. The number of primary amides is 1. The van der Waals surface area contributed by atoms with Crippen LogP contribution in [-0.2, 0) is 4.79 Å². The van der Waals surface area contributed by atoms with Crippen LogP contribution in [0.25, 0.3) is 0 Å². The van der Waals surface area contributed by atoms with E-state index >= 15 is 0 Å². The Morgan fingerprint density at radius 3 is 2.43 bits per heavy atom. The lowest BCUT2D eigenvalue weighted by molar-refractivity contribution is -0.124. The van der Waals surface area contributed by atoms with Gasteiger partial charge >= 0.3 is 0 Å². The molecule has 1 rings (SSSR count). The Kier molecular flexibility index (Phi) is 8.27. The maximum atomic E-state index is 11.6. The standard InChI is InChI=1S/C17H35N3O/c1-4-19-17(3,16(18)21)13-9-10-14-20(5-2)15-11-7-6-8-12-15/h15,19H,4-14H2,1-3H3,(H2,18,21). The molecular formula is C17H35N3O. The molecule has 0 aromatic carbocycles. The summed E-state index contributed by atoms with van der Waals surface area (Å²) in [6, 6.07) is 0.792. The number of nitrogens with zero attached hydrogens (tertiary/aromatic N) is 1. The van der Waals surface area contributed by atoms with E-state index in [1.807, 2.05) is 13.8 Å². The largest absolute Gasteiger partial charge is 0.368 e. The third-order valence-electron chi connectivity index (χ3n) is 4.98. The lowest BCUT2D eigenvalue weighted by Crippen LogP contribution is -2.53. The first-order valence-corrected chi connectivity index (χ1v) is 8.82. The number of rotatable bonds is 10. The number of carbonyl (C=O) groups is 1. The summed E-state index contributed by atoms with van der Waals surface area (Å²) < 4.78 is 0. The molecule has 1 unspecified atom stereocenters. The Bertz CT molecular complexity index is 302. The summed E-state index contributed by atoms with van der Waals surface area (Å²) in [4.78, 5) is 14.2. The number of nitrogens with one attached hydrogen (secondary N) is 1. The van der Waals surface area contributed by atoms with Crippen molar-refractivity contribution in [3.63, 3.8) is 0 Å². The minimum absolute atomic E-state index is 0.232. The van der Waals surface area contributed by atoms with Crippen LogP contribution in [0.4, 0.5) is 0 Å². The molecule has 0 aliphatic heterocycles. The van der Waals surface area contributed by atoms with Gasteiger partial charge in [0.25, 0.3) is 0 Å². The first kappa shape index (κ1) is 18.4. The first-order chi connectivity index (χ1) is 10.0. The van der Waals surface area contributed by atoms with Crippen LogP contribution in [0.2, 0.25) is 0 Å². The molecule has 0 aromatic heterocycles. The van der Waals surface area contributed by atoms with Crippen molar-refractivity contribution >= 4 is 5.91 Å². The van der Waals surface area contributed by atoms with Gasteiger partial charge in [-0.3, -0.25) is 4.79 Å². The van der Waals surface area contributed by atoms with E-state index in [4.69, 9.17) is 5.73 Å². The predicted octanol–water partition coefficient (Wildman–Crippen LogP) is 2.66. The summed E-state index contributed by atoms with van der Waals surface area (Å²) in [6.07, 6.45) is 9.96. The molecule has 0 bridgehead atoms. The topological polar surface area (TPSA) is 58.4 Å². The van der Waals surface area contributed by atoms with E-state index in [-0.39, 0.29) is 5.91 Å².